The third-order valence-corrected chi connectivity index (χ3v) is 4.27. The molecule has 0 spiro atoms. The number of amides is 1. The molecule has 2 rings (SSSR count). The molecule has 1 fully saturated rings. The van der Waals surface area contributed by atoms with E-state index in [0.29, 0.717) is 6.54 Å². The maximum absolute atomic E-state index is 12.1. The summed E-state index contributed by atoms with van der Waals surface area (Å²) >= 11 is 1.41. The van der Waals surface area contributed by atoms with Gasteiger partial charge in [-0.25, -0.2) is 4.79 Å². The standard InChI is InChI=1S/C15H21NO4S/c1-15(2,3)20-14(19)16-7-6-11(17)10(9-16)13(18)12-5-4-8-21-12/h4-5,8,10,13,18H,6-7,9H2,1-3H3/t10-,13-/m0/s1. The Bertz CT molecular complexity index is 506. The van der Waals surface area contributed by atoms with Gasteiger partial charge in [-0.05, 0) is 32.2 Å². The summed E-state index contributed by atoms with van der Waals surface area (Å²) in [6.07, 6.45) is -1.03. The molecule has 0 bridgehead atoms. The van der Waals surface area contributed by atoms with Gasteiger partial charge in [-0.3, -0.25) is 4.79 Å². The van der Waals surface area contributed by atoms with E-state index in [9.17, 15) is 14.7 Å². The summed E-state index contributed by atoms with van der Waals surface area (Å²) < 4.78 is 5.33. The predicted molar refractivity (Wildman–Crippen MR) is 80.2 cm³/mol. The first kappa shape index (κ1) is 16.0. The van der Waals surface area contributed by atoms with Crippen LogP contribution in [0.1, 0.15) is 38.2 Å². The fraction of sp³-hybridized carbons (Fsp3) is 0.600. The van der Waals surface area contributed by atoms with Crippen LogP contribution in [0.25, 0.3) is 0 Å². The number of hydrogen-bond donors (Lipinski definition) is 1. The summed E-state index contributed by atoms with van der Waals surface area (Å²) in [7, 11) is 0. The number of thiophene rings is 1. The summed E-state index contributed by atoms with van der Waals surface area (Å²) in [4.78, 5) is 26.4. The maximum atomic E-state index is 12.1. The Balaban J connectivity index is 2.06. The van der Waals surface area contributed by atoms with E-state index in [1.165, 1.54) is 16.2 Å². The van der Waals surface area contributed by atoms with Gasteiger partial charge in [0.25, 0.3) is 0 Å². The second-order valence-corrected chi connectivity index (χ2v) is 7.19. The number of carbonyl (C=O) groups is 2. The van der Waals surface area contributed by atoms with Crippen molar-refractivity contribution < 1.29 is 19.4 Å². The molecule has 1 amide bonds. The lowest BCUT2D eigenvalue weighted by Crippen LogP contribution is -2.47. The van der Waals surface area contributed by atoms with Gasteiger partial charge in [0, 0.05) is 24.4 Å². The minimum atomic E-state index is -0.859. The zero-order valence-electron chi connectivity index (χ0n) is 12.5. The first-order valence-electron chi connectivity index (χ1n) is 7.00. The van der Waals surface area contributed by atoms with Crippen molar-refractivity contribution >= 4 is 23.2 Å². The lowest BCUT2D eigenvalue weighted by molar-refractivity contribution is -0.130. The van der Waals surface area contributed by atoms with E-state index in [0.717, 1.165) is 4.88 Å². The normalized spacial score (nSPS) is 21.2. The van der Waals surface area contributed by atoms with Gasteiger partial charge in [0.15, 0.2) is 0 Å². The minimum absolute atomic E-state index is 0.00397. The molecule has 116 valence electrons. The second kappa shape index (κ2) is 6.15. The first-order valence-corrected chi connectivity index (χ1v) is 7.88. The number of aliphatic hydroxyl groups excluding tert-OH is 1. The molecule has 1 N–H and O–H groups in total. The number of ether oxygens (including phenoxy) is 1. The van der Waals surface area contributed by atoms with E-state index in [2.05, 4.69) is 0 Å². The van der Waals surface area contributed by atoms with Crippen molar-refractivity contribution in [3.63, 3.8) is 0 Å². The number of rotatable bonds is 2. The van der Waals surface area contributed by atoms with Gasteiger partial charge in [-0.1, -0.05) is 6.07 Å². The molecule has 0 radical (unpaired) electrons. The molecule has 1 aliphatic heterocycles. The highest BCUT2D eigenvalue weighted by Gasteiger charge is 2.37. The maximum Gasteiger partial charge on any atom is 0.410 e. The van der Waals surface area contributed by atoms with Crippen LogP contribution in [0.3, 0.4) is 0 Å². The van der Waals surface area contributed by atoms with E-state index >= 15 is 0 Å². The van der Waals surface area contributed by atoms with Gasteiger partial charge in [-0.2, -0.15) is 0 Å². The molecule has 21 heavy (non-hydrogen) atoms. The topological polar surface area (TPSA) is 66.8 Å². The third-order valence-electron chi connectivity index (χ3n) is 3.33. The molecular weight excluding hydrogens is 290 g/mol. The van der Waals surface area contributed by atoms with Crippen LogP contribution in [-0.4, -0.2) is 40.6 Å². The van der Waals surface area contributed by atoms with Crippen LogP contribution in [-0.2, 0) is 9.53 Å². The molecule has 1 aromatic rings. The van der Waals surface area contributed by atoms with E-state index in [4.69, 9.17) is 4.74 Å². The Morgan fingerprint density at radius 2 is 2.24 bits per heavy atom. The number of hydrogen-bond acceptors (Lipinski definition) is 5. The average Bonchev–Trinajstić information content (AvgIpc) is 2.90. The van der Waals surface area contributed by atoms with Crippen LogP contribution in [0.4, 0.5) is 4.79 Å². The number of piperidine rings is 1. The van der Waals surface area contributed by atoms with E-state index in [1.54, 1.807) is 26.8 Å². The average molecular weight is 311 g/mol. The summed E-state index contributed by atoms with van der Waals surface area (Å²) in [6, 6.07) is 3.64. The highest BCUT2D eigenvalue weighted by atomic mass is 32.1. The van der Waals surface area contributed by atoms with Crippen LogP contribution in [0.15, 0.2) is 17.5 Å². The van der Waals surface area contributed by atoms with Crippen LogP contribution >= 0.6 is 11.3 Å². The minimum Gasteiger partial charge on any atom is -0.444 e. The van der Waals surface area contributed by atoms with Gasteiger partial charge < -0.3 is 14.7 Å². The predicted octanol–water partition coefficient (Wildman–Crippen LogP) is 2.61. The lowest BCUT2D eigenvalue weighted by Gasteiger charge is -2.34. The molecule has 2 atom stereocenters. The van der Waals surface area contributed by atoms with Gasteiger partial charge in [0.2, 0.25) is 0 Å². The van der Waals surface area contributed by atoms with E-state index in [1.807, 2.05) is 11.4 Å². The zero-order chi connectivity index (χ0) is 15.6. The number of likely N-dealkylation sites (tertiary alicyclic amines) is 1. The van der Waals surface area contributed by atoms with Crippen molar-refractivity contribution in [1.29, 1.82) is 0 Å². The molecule has 5 nitrogen and oxygen atoms in total. The lowest BCUT2D eigenvalue weighted by atomic mass is 9.90. The quantitative estimate of drug-likeness (QED) is 0.911. The Morgan fingerprint density at radius 1 is 1.52 bits per heavy atom. The Labute approximate surface area is 128 Å². The molecule has 1 saturated heterocycles. The number of Topliss-reactive ketones (excluding diaryl/α,β-unsaturated/α-hetero) is 1. The number of aliphatic hydroxyl groups is 1. The van der Waals surface area contributed by atoms with Crippen molar-refractivity contribution in [2.75, 3.05) is 13.1 Å². The summed E-state index contributed by atoms with van der Waals surface area (Å²) in [5.74, 6) is -0.583. The molecule has 1 aromatic heterocycles. The molecular formula is C15H21NO4S. The molecule has 0 aromatic carbocycles. The number of nitrogens with zero attached hydrogens (tertiary/aromatic N) is 1. The van der Waals surface area contributed by atoms with E-state index in [-0.39, 0.29) is 18.7 Å². The zero-order valence-corrected chi connectivity index (χ0v) is 13.4. The summed E-state index contributed by atoms with van der Waals surface area (Å²) in [5, 5.41) is 12.2. The molecule has 2 heterocycles. The van der Waals surface area contributed by atoms with Crippen molar-refractivity contribution in [3.05, 3.63) is 22.4 Å². The number of carbonyl (C=O) groups excluding carboxylic acids is 2. The van der Waals surface area contributed by atoms with E-state index < -0.39 is 23.7 Å². The van der Waals surface area contributed by atoms with Crippen molar-refractivity contribution in [1.82, 2.24) is 4.90 Å². The van der Waals surface area contributed by atoms with Crippen LogP contribution in [0.5, 0.6) is 0 Å². The van der Waals surface area contributed by atoms with Crippen LogP contribution in [0, 0.1) is 5.92 Å². The number of ketones is 1. The van der Waals surface area contributed by atoms with Gasteiger partial charge in [0.05, 0.1) is 12.0 Å². The fourth-order valence-electron chi connectivity index (χ4n) is 2.29. The highest BCUT2D eigenvalue weighted by Crippen LogP contribution is 2.30. The summed E-state index contributed by atoms with van der Waals surface area (Å²) in [5.41, 5.74) is -0.569. The Morgan fingerprint density at radius 3 is 2.81 bits per heavy atom. The van der Waals surface area contributed by atoms with Crippen LogP contribution < -0.4 is 0 Å². The molecule has 1 aliphatic rings. The van der Waals surface area contributed by atoms with Crippen molar-refractivity contribution in [2.45, 2.75) is 38.9 Å². The third kappa shape index (κ3) is 4.04. The molecule has 0 unspecified atom stereocenters. The van der Waals surface area contributed by atoms with Gasteiger partial charge >= 0.3 is 6.09 Å². The monoisotopic (exact) mass is 311 g/mol. The largest absolute Gasteiger partial charge is 0.444 e. The smallest absolute Gasteiger partial charge is 0.410 e. The first-order chi connectivity index (χ1) is 9.78. The van der Waals surface area contributed by atoms with Crippen molar-refractivity contribution in [3.8, 4) is 0 Å². The Kier molecular flexibility index (Phi) is 4.68. The Hall–Kier alpha value is -1.40. The SMILES string of the molecule is CC(C)(C)OC(=O)N1CCC(=O)[C@@H]([C@H](O)c2cccs2)C1. The van der Waals surface area contributed by atoms with Crippen LogP contribution in [0.2, 0.25) is 0 Å². The molecule has 6 heteroatoms. The molecule has 0 aliphatic carbocycles. The van der Waals surface area contributed by atoms with Gasteiger partial charge in [0.1, 0.15) is 11.4 Å². The second-order valence-electron chi connectivity index (χ2n) is 6.21. The fourth-order valence-corrected chi connectivity index (χ4v) is 3.06. The van der Waals surface area contributed by atoms with Gasteiger partial charge in [-0.15, -0.1) is 11.3 Å². The molecule has 0 saturated carbocycles. The summed E-state index contributed by atoms with van der Waals surface area (Å²) in [6.45, 7) is 5.96. The van der Waals surface area contributed by atoms with Crippen molar-refractivity contribution in [2.24, 2.45) is 5.92 Å². The highest BCUT2D eigenvalue weighted by molar-refractivity contribution is 7.10.